The summed E-state index contributed by atoms with van der Waals surface area (Å²) in [4.78, 5) is 27.3. The van der Waals surface area contributed by atoms with E-state index in [1.54, 1.807) is 18.2 Å². The average Bonchev–Trinajstić information content (AvgIpc) is 2.85. The highest BCUT2D eigenvalue weighted by atomic mass is 32.1. The maximum absolute atomic E-state index is 13.7. The van der Waals surface area contributed by atoms with Crippen LogP contribution in [0.5, 0.6) is 0 Å². The number of halogens is 1. The lowest BCUT2D eigenvalue weighted by Crippen LogP contribution is -2.29. The molecule has 1 aromatic carbocycles. The molecule has 0 saturated carbocycles. The number of carbonyl (C=O) groups excluding carboxylic acids is 1. The van der Waals surface area contributed by atoms with E-state index in [2.05, 4.69) is 15.6 Å². The van der Waals surface area contributed by atoms with E-state index in [1.807, 2.05) is 6.92 Å². The highest BCUT2D eigenvalue weighted by Gasteiger charge is 2.12. The van der Waals surface area contributed by atoms with E-state index < -0.39 is 12.0 Å². The molecule has 24 heavy (non-hydrogen) atoms. The van der Waals surface area contributed by atoms with Crippen LogP contribution in [0.1, 0.15) is 29.0 Å². The number of nitrogens with zero attached hydrogens (tertiary/aromatic N) is 1. The topological polar surface area (TPSA) is 91.3 Å². The van der Waals surface area contributed by atoms with Gasteiger partial charge in [0.2, 0.25) is 0 Å². The summed E-state index contributed by atoms with van der Waals surface area (Å²) in [5.74, 6) is -1.17. The van der Waals surface area contributed by atoms with Crippen molar-refractivity contribution in [1.29, 1.82) is 0 Å². The van der Waals surface area contributed by atoms with E-state index in [4.69, 9.17) is 5.11 Å². The number of carboxylic acid groups (broad SMARTS) is 1. The Morgan fingerprint density at radius 2 is 2.08 bits per heavy atom. The largest absolute Gasteiger partial charge is 0.481 e. The smallest absolute Gasteiger partial charge is 0.321 e. The van der Waals surface area contributed by atoms with Gasteiger partial charge in [-0.15, -0.1) is 11.3 Å². The second-order valence-corrected chi connectivity index (χ2v) is 6.26. The molecule has 2 amide bonds. The molecule has 0 bridgehead atoms. The Morgan fingerprint density at radius 1 is 1.33 bits per heavy atom. The fraction of sp³-hybridized carbons (Fsp3) is 0.312. The molecule has 1 aromatic heterocycles. The lowest BCUT2D eigenvalue weighted by atomic mass is 10.1. The molecule has 2 rings (SSSR count). The first-order chi connectivity index (χ1) is 11.5. The second kappa shape index (κ2) is 8.39. The second-order valence-electron chi connectivity index (χ2n) is 5.17. The van der Waals surface area contributed by atoms with Crippen LogP contribution in [-0.4, -0.2) is 28.6 Å². The van der Waals surface area contributed by atoms with Gasteiger partial charge in [-0.1, -0.05) is 18.2 Å². The molecular formula is C16H18FN3O3S. The standard InChI is InChI=1S/C16H18FN3O3S/c1-10-13(9-11-5-2-3-6-12(11)17)24-16(19-10)20-15(23)18-8-4-7-14(21)22/h2-3,5-6H,4,7-9H2,1H3,(H,21,22)(H2,18,19,20,23). The number of carbonyl (C=O) groups is 2. The number of hydrogen-bond donors (Lipinski definition) is 3. The third-order valence-corrected chi connectivity index (χ3v) is 4.35. The first-order valence-corrected chi connectivity index (χ1v) is 8.23. The van der Waals surface area contributed by atoms with Gasteiger partial charge in [-0.25, -0.2) is 14.2 Å². The summed E-state index contributed by atoms with van der Waals surface area (Å²) in [6.07, 6.45) is 0.777. The van der Waals surface area contributed by atoms with Crippen molar-refractivity contribution in [3.8, 4) is 0 Å². The van der Waals surface area contributed by atoms with Gasteiger partial charge in [-0.05, 0) is 25.0 Å². The van der Waals surface area contributed by atoms with E-state index >= 15 is 0 Å². The molecule has 2 aromatic rings. The highest BCUT2D eigenvalue weighted by Crippen LogP contribution is 2.25. The molecule has 3 N–H and O–H groups in total. The number of rotatable bonds is 7. The van der Waals surface area contributed by atoms with Crippen LogP contribution in [0.2, 0.25) is 0 Å². The molecule has 0 atom stereocenters. The lowest BCUT2D eigenvalue weighted by Gasteiger charge is -2.04. The number of anilines is 1. The summed E-state index contributed by atoms with van der Waals surface area (Å²) in [5.41, 5.74) is 1.32. The van der Waals surface area contributed by atoms with Crippen molar-refractivity contribution >= 4 is 28.5 Å². The van der Waals surface area contributed by atoms with E-state index in [0.29, 0.717) is 23.5 Å². The minimum absolute atomic E-state index is 0.00340. The summed E-state index contributed by atoms with van der Waals surface area (Å²) >= 11 is 1.29. The highest BCUT2D eigenvalue weighted by molar-refractivity contribution is 7.15. The van der Waals surface area contributed by atoms with E-state index in [9.17, 15) is 14.0 Å². The zero-order chi connectivity index (χ0) is 17.5. The van der Waals surface area contributed by atoms with Gasteiger partial charge >= 0.3 is 12.0 Å². The molecule has 0 aliphatic rings. The first-order valence-electron chi connectivity index (χ1n) is 7.42. The number of aromatic nitrogens is 1. The minimum atomic E-state index is -0.898. The SMILES string of the molecule is Cc1nc(NC(=O)NCCCC(=O)O)sc1Cc1ccccc1F. The Morgan fingerprint density at radius 3 is 2.79 bits per heavy atom. The van der Waals surface area contributed by atoms with Crippen LogP contribution < -0.4 is 10.6 Å². The fourth-order valence-electron chi connectivity index (χ4n) is 2.04. The molecule has 1 heterocycles. The molecule has 0 radical (unpaired) electrons. The third-order valence-electron chi connectivity index (χ3n) is 3.27. The zero-order valence-electron chi connectivity index (χ0n) is 13.1. The Balaban J connectivity index is 1.90. The van der Waals surface area contributed by atoms with E-state index in [1.165, 1.54) is 17.4 Å². The van der Waals surface area contributed by atoms with Crippen molar-refractivity contribution in [1.82, 2.24) is 10.3 Å². The van der Waals surface area contributed by atoms with Crippen LogP contribution in [-0.2, 0) is 11.2 Å². The van der Waals surface area contributed by atoms with Crippen LogP contribution >= 0.6 is 11.3 Å². The van der Waals surface area contributed by atoms with Gasteiger partial charge in [0.25, 0.3) is 0 Å². The number of carboxylic acids is 1. The predicted molar refractivity (Wildman–Crippen MR) is 89.9 cm³/mol. The average molecular weight is 351 g/mol. The van der Waals surface area contributed by atoms with Crippen molar-refractivity contribution in [3.05, 3.63) is 46.2 Å². The zero-order valence-corrected chi connectivity index (χ0v) is 14.0. The van der Waals surface area contributed by atoms with Gasteiger partial charge < -0.3 is 10.4 Å². The maximum atomic E-state index is 13.7. The number of urea groups is 1. The van der Waals surface area contributed by atoms with Crippen LogP contribution in [0.4, 0.5) is 14.3 Å². The molecule has 0 aliphatic heterocycles. The van der Waals surface area contributed by atoms with Gasteiger partial charge in [0, 0.05) is 24.3 Å². The molecule has 0 unspecified atom stereocenters. The van der Waals surface area contributed by atoms with Crippen LogP contribution in [0, 0.1) is 12.7 Å². The summed E-state index contributed by atoms with van der Waals surface area (Å²) in [6.45, 7) is 2.08. The molecule has 128 valence electrons. The first kappa shape index (κ1) is 17.9. The fourth-order valence-corrected chi connectivity index (χ4v) is 3.02. The number of thiazole rings is 1. The predicted octanol–water partition coefficient (Wildman–Crippen LogP) is 3.17. The summed E-state index contributed by atoms with van der Waals surface area (Å²) in [6, 6.07) is 6.11. The Hall–Kier alpha value is -2.48. The van der Waals surface area contributed by atoms with Gasteiger partial charge in [-0.3, -0.25) is 10.1 Å². The van der Waals surface area contributed by atoms with Crippen molar-refractivity contribution < 1.29 is 19.1 Å². The number of aliphatic carboxylic acids is 1. The van der Waals surface area contributed by atoms with Gasteiger partial charge in [0.15, 0.2) is 5.13 Å². The van der Waals surface area contributed by atoms with Gasteiger partial charge in [-0.2, -0.15) is 0 Å². The van der Waals surface area contributed by atoms with Crippen molar-refractivity contribution in [2.45, 2.75) is 26.2 Å². The Bertz CT molecular complexity index is 733. The monoisotopic (exact) mass is 351 g/mol. The van der Waals surface area contributed by atoms with Crippen LogP contribution in [0.25, 0.3) is 0 Å². The molecule has 0 spiro atoms. The summed E-state index contributed by atoms with van der Waals surface area (Å²) in [5, 5.41) is 14.1. The Kier molecular flexibility index (Phi) is 6.25. The molecule has 0 aliphatic carbocycles. The molecule has 6 nitrogen and oxygen atoms in total. The van der Waals surface area contributed by atoms with Crippen LogP contribution in [0.15, 0.2) is 24.3 Å². The summed E-state index contributed by atoms with van der Waals surface area (Å²) < 4.78 is 13.7. The normalized spacial score (nSPS) is 10.4. The number of aryl methyl sites for hydroxylation is 1. The molecular weight excluding hydrogens is 333 g/mol. The number of hydrogen-bond acceptors (Lipinski definition) is 4. The maximum Gasteiger partial charge on any atom is 0.321 e. The van der Waals surface area contributed by atoms with Gasteiger partial charge in [0.05, 0.1) is 5.69 Å². The number of nitrogens with one attached hydrogen (secondary N) is 2. The van der Waals surface area contributed by atoms with Crippen molar-refractivity contribution in [3.63, 3.8) is 0 Å². The Labute approximate surface area is 142 Å². The number of amides is 2. The van der Waals surface area contributed by atoms with Crippen molar-refractivity contribution in [2.75, 3.05) is 11.9 Å². The van der Waals surface area contributed by atoms with E-state index in [0.717, 1.165) is 10.6 Å². The van der Waals surface area contributed by atoms with Gasteiger partial charge in [0.1, 0.15) is 5.82 Å². The summed E-state index contributed by atoms with van der Waals surface area (Å²) in [7, 11) is 0. The van der Waals surface area contributed by atoms with E-state index in [-0.39, 0.29) is 18.8 Å². The quantitative estimate of drug-likeness (QED) is 0.668. The molecule has 0 saturated heterocycles. The van der Waals surface area contributed by atoms with Crippen LogP contribution in [0.3, 0.4) is 0 Å². The minimum Gasteiger partial charge on any atom is -0.481 e. The lowest BCUT2D eigenvalue weighted by molar-refractivity contribution is -0.137. The number of benzene rings is 1. The van der Waals surface area contributed by atoms with Crippen molar-refractivity contribution in [2.24, 2.45) is 0 Å². The third kappa shape index (κ3) is 5.31. The molecule has 8 heteroatoms. The molecule has 0 fully saturated rings.